The Bertz CT molecular complexity index is 460. The fourth-order valence-corrected chi connectivity index (χ4v) is 3.69. The van der Waals surface area contributed by atoms with E-state index >= 15 is 0 Å². The molecule has 17 heavy (non-hydrogen) atoms. The Balaban J connectivity index is 2.13. The van der Waals surface area contributed by atoms with Crippen molar-refractivity contribution >= 4 is 21.6 Å². The molecule has 0 radical (unpaired) electrons. The second-order valence-corrected chi connectivity index (χ2v) is 6.52. The lowest BCUT2D eigenvalue weighted by Gasteiger charge is -2.20. The van der Waals surface area contributed by atoms with Crippen molar-refractivity contribution in [1.29, 1.82) is 0 Å². The number of aromatic nitrogens is 1. The van der Waals surface area contributed by atoms with Crippen LogP contribution in [0.4, 0.5) is 0 Å². The molecule has 0 aromatic carbocycles. The largest absolute Gasteiger partial charge is 0.260 e. The van der Waals surface area contributed by atoms with Crippen LogP contribution in [0.5, 0.6) is 0 Å². The van der Waals surface area contributed by atoms with E-state index in [-0.39, 0.29) is 17.7 Å². The van der Waals surface area contributed by atoms with Gasteiger partial charge in [-0.3, -0.25) is 4.98 Å². The van der Waals surface area contributed by atoms with Crippen LogP contribution in [-0.2, 0) is 16.6 Å². The van der Waals surface area contributed by atoms with Gasteiger partial charge in [0.1, 0.15) is 0 Å². The molecule has 0 atom stereocenters. The first-order valence-corrected chi connectivity index (χ1v) is 7.73. The number of alkyl halides is 1. The summed E-state index contributed by atoms with van der Waals surface area (Å²) in [6.45, 7) is 0.352. The molecule has 2 rings (SSSR count). The Kier molecular flexibility index (Phi) is 4.01. The lowest BCUT2D eigenvalue weighted by atomic mass is 10.3. The number of nitrogens with zero attached hydrogens (tertiary/aromatic N) is 2. The summed E-state index contributed by atoms with van der Waals surface area (Å²) < 4.78 is 25.6. The van der Waals surface area contributed by atoms with E-state index in [0.29, 0.717) is 6.54 Å². The van der Waals surface area contributed by atoms with E-state index < -0.39 is 10.0 Å². The van der Waals surface area contributed by atoms with Gasteiger partial charge in [0, 0.05) is 18.1 Å². The summed E-state index contributed by atoms with van der Waals surface area (Å²) in [7, 11) is -3.25. The molecule has 1 aliphatic rings. The fraction of sp³-hybridized carbons (Fsp3) is 0.545. The van der Waals surface area contributed by atoms with Gasteiger partial charge in [-0.05, 0) is 25.0 Å². The van der Waals surface area contributed by atoms with E-state index in [4.69, 9.17) is 11.6 Å². The minimum atomic E-state index is -3.25. The van der Waals surface area contributed by atoms with Gasteiger partial charge in [-0.1, -0.05) is 6.07 Å². The van der Waals surface area contributed by atoms with Crippen LogP contribution in [0.15, 0.2) is 24.4 Å². The highest BCUT2D eigenvalue weighted by Crippen LogP contribution is 2.30. The van der Waals surface area contributed by atoms with Crippen LogP contribution in [-0.4, -0.2) is 35.4 Å². The number of pyridine rings is 1. The Morgan fingerprint density at radius 1 is 1.41 bits per heavy atom. The maximum atomic E-state index is 12.0. The van der Waals surface area contributed by atoms with Crippen molar-refractivity contribution in [1.82, 2.24) is 9.29 Å². The Hall–Kier alpha value is -0.650. The van der Waals surface area contributed by atoms with Crippen molar-refractivity contribution in [2.24, 2.45) is 0 Å². The van der Waals surface area contributed by atoms with Gasteiger partial charge >= 0.3 is 0 Å². The molecule has 0 spiro atoms. The third kappa shape index (κ3) is 3.40. The predicted molar refractivity (Wildman–Crippen MR) is 67.3 cm³/mol. The monoisotopic (exact) mass is 274 g/mol. The van der Waals surface area contributed by atoms with E-state index in [1.165, 1.54) is 4.31 Å². The van der Waals surface area contributed by atoms with Crippen LogP contribution < -0.4 is 0 Å². The zero-order chi connectivity index (χ0) is 12.3. The molecule has 0 saturated heterocycles. The number of hydrogen-bond acceptors (Lipinski definition) is 3. The molecule has 1 aromatic heterocycles. The molecule has 0 amide bonds. The molecule has 0 bridgehead atoms. The molecule has 1 heterocycles. The van der Waals surface area contributed by atoms with Crippen LogP contribution in [0.1, 0.15) is 18.5 Å². The van der Waals surface area contributed by atoms with Crippen LogP contribution in [0, 0.1) is 0 Å². The van der Waals surface area contributed by atoms with Crippen molar-refractivity contribution < 1.29 is 8.42 Å². The number of rotatable bonds is 6. The molecule has 1 aliphatic carbocycles. The quantitative estimate of drug-likeness (QED) is 0.741. The number of halogens is 1. The standard InChI is InChI=1S/C11H15ClN2O2S/c12-6-8-17(15,16)14(11-4-5-11)9-10-3-1-2-7-13-10/h1-3,7,11H,4-6,8-9H2. The van der Waals surface area contributed by atoms with E-state index in [9.17, 15) is 8.42 Å². The number of sulfonamides is 1. The summed E-state index contributed by atoms with van der Waals surface area (Å²) in [6.07, 6.45) is 3.55. The first-order valence-electron chi connectivity index (χ1n) is 5.59. The molecule has 0 unspecified atom stereocenters. The molecule has 94 valence electrons. The van der Waals surface area contributed by atoms with Gasteiger partial charge in [0.15, 0.2) is 0 Å². The SMILES string of the molecule is O=S(=O)(CCCl)N(Cc1ccccn1)C1CC1. The highest BCUT2D eigenvalue weighted by molar-refractivity contribution is 7.89. The first-order chi connectivity index (χ1) is 8.13. The molecule has 0 N–H and O–H groups in total. The molecule has 4 nitrogen and oxygen atoms in total. The summed E-state index contributed by atoms with van der Waals surface area (Å²) >= 11 is 5.54. The minimum Gasteiger partial charge on any atom is -0.260 e. The van der Waals surface area contributed by atoms with E-state index in [1.54, 1.807) is 6.20 Å². The molecular formula is C11H15ClN2O2S. The van der Waals surface area contributed by atoms with E-state index in [2.05, 4.69) is 4.98 Å². The van der Waals surface area contributed by atoms with Gasteiger partial charge in [-0.25, -0.2) is 8.42 Å². The molecule has 0 aliphatic heterocycles. The normalized spacial score (nSPS) is 16.4. The van der Waals surface area contributed by atoms with E-state index in [0.717, 1.165) is 18.5 Å². The van der Waals surface area contributed by atoms with Crippen molar-refractivity contribution in [3.63, 3.8) is 0 Å². The Morgan fingerprint density at radius 3 is 2.71 bits per heavy atom. The van der Waals surface area contributed by atoms with Gasteiger partial charge < -0.3 is 0 Å². The zero-order valence-electron chi connectivity index (χ0n) is 9.42. The molecule has 1 saturated carbocycles. The zero-order valence-corrected chi connectivity index (χ0v) is 11.0. The Labute approximate surface area is 107 Å². The summed E-state index contributed by atoms with van der Waals surface area (Å²) in [4.78, 5) is 4.16. The average molecular weight is 275 g/mol. The van der Waals surface area contributed by atoms with E-state index in [1.807, 2.05) is 18.2 Å². The summed E-state index contributed by atoms with van der Waals surface area (Å²) in [5.41, 5.74) is 0.776. The second-order valence-electron chi connectivity index (χ2n) is 4.10. The fourth-order valence-electron chi connectivity index (χ4n) is 1.68. The summed E-state index contributed by atoms with van der Waals surface area (Å²) in [5.74, 6) is 0.131. The smallest absolute Gasteiger partial charge is 0.215 e. The van der Waals surface area contributed by atoms with Crippen LogP contribution in [0.25, 0.3) is 0 Å². The summed E-state index contributed by atoms with van der Waals surface area (Å²) in [5, 5.41) is 0. The molecule has 1 aromatic rings. The Morgan fingerprint density at radius 2 is 2.18 bits per heavy atom. The van der Waals surface area contributed by atoms with Crippen molar-refractivity contribution in [3.8, 4) is 0 Å². The van der Waals surface area contributed by atoms with Crippen LogP contribution in [0.2, 0.25) is 0 Å². The second kappa shape index (κ2) is 5.33. The lowest BCUT2D eigenvalue weighted by Crippen LogP contribution is -2.35. The average Bonchev–Trinajstić information content (AvgIpc) is 3.11. The third-order valence-corrected chi connectivity index (χ3v) is 4.97. The maximum absolute atomic E-state index is 12.0. The topological polar surface area (TPSA) is 50.3 Å². The first kappa shape index (κ1) is 12.8. The van der Waals surface area contributed by atoms with Gasteiger partial charge in [-0.2, -0.15) is 4.31 Å². The number of hydrogen-bond donors (Lipinski definition) is 0. The van der Waals surface area contributed by atoms with Gasteiger partial charge in [0.05, 0.1) is 18.0 Å². The summed E-state index contributed by atoms with van der Waals surface area (Å²) in [6, 6.07) is 5.66. The van der Waals surface area contributed by atoms with Crippen LogP contribution >= 0.6 is 11.6 Å². The van der Waals surface area contributed by atoms with Crippen LogP contribution in [0.3, 0.4) is 0 Å². The van der Waals surface area contributed by atoms with Gasteiger partial charge in [-0.15, -0.1) is 11.6 Å². The van der Waals surface area contributed by atoms with Crippen molar-refractivity contribution in [3.05, 3.63) is 30.1 Å². The lowest BCUT2D eigenvalue weighted by molar-refractivity contribution is 0.395. The highest BCUT2D eigenvalue weighted by atomic mass is 35.5. The third-order valence-electron chi connectivity index (χ3n) is 2.69. The van der Waals surface area contributed by atoms with Gasteiger partial charge in [0.2, 0.25) is 10.0 Å². The molecular weight excluding hydrogens is 260 g/mol. The van der Waals surface area contributed by atoms with Gasteiger partial charge in [0.25, 0.3) is 0 Å². The predicted octanol–water partition coefficient (Wildman–Crippen LogP) is 1.61. The maximum Gasteiger partial charge on any atom is 0.215 e. The molecule has 6 heteroatoms. The minimum absolute atomic E-state index is 0.00209. The van der Waals surface area contributed by atoms with Crippen molar-refractivity contribution in [2.75, 3.05) is 11.6 Å². The highest BCUT2D eigenvalue weighted by Gasteiger charge is 2.36. The molecule has 1 fully saturated rings. The van der Waals surface area contributed by atoms with Crippen molar-refractivity contribution in [2.45, 2.75) is 25.4 Å².